The molecule has 110 valence electrons. The number of amides is 1. The highest BCUT2D eigenvalue weighted by Crippen LogP contribution is 2.23. The summed E-state index contributed by atoms with van der Waals surface area (Å²) in [7, 11) is 0. The Morgan fingerprint density at radius 3 is 2.57 bits per heavy atom. The van der Waals surface area contributed by atoms with Crippen LogP contribution < -0.4 is 5.32 Å². The predicted octanol–water partition coefficient (Wildman–Crippen LogP) is 4.74. The number of benzene rings is 2. The van der Waals surface area contributed by atoms with Crippen molar-refractivity contribution in [3.05, 3.63) is 64.9 Å². The van der Waals surface area contributed by atoms with Crippen molar-refractivity contribution in [1.29, 1.82) is 0 Å². The molecule has 0 aromatic heterocycles. The van der Waals surface area contributed by atoms with Crippen LogP contribution in [-0.2, 0) is 10.5 Å². The molecule has 2 rings (SSSR count). The molecule has 2 nitrogen and oxygen atoms in total. The van der Waals surface area contributed by atoms with Crippen molar-refractivity contribution in [2.75, 3.05) is 5.32 Å². The molecule has 0 radical (unpaired) electrons. The second-order valence-corrected chi connectivity index (χ2v) is 6.29. The molecule has 1 unspecified atom stereocenters. The van der Waals surface area contributed by atoms with Crippen LogP contribution in [0.15, 0.2) is 48.5 Å². The van der Waals surface area contributed by atoms with Crippen LogP contribution in [0.25, 0.3) is 0 Å². The highest BCUT2D eigenvalue weighted by atomic mass is 35.5. The van der Waals surface area contributed by atoms with Gasteiger partial charge in [-0.3, -0.25) is 4.79 Å². The number of thioether (sulfide) groups is 1. The summed E-state index contributed by atoms with van der Waals surface area (Å²) in [4.78, 5) is 12.1. The van der Waals surface area contributed by atoms with E-state index in [2.05, 4.69) is 5.32 Å². The lowest BCUT2D eigenvalue weighted by molar-refractivity contribution is -0.115. The van der Waals surface area contributed by atoms with Gasteiger partial charge in [-0.2, -0.15) is 0 Å². The van der Waals surface area contributed by atoms with Gasteiger partial charge in [0.2, 0.25) is 5.91 Å². The fourth-order valence-electron chi connectivity index (χ4n) is 1.67. The first-order valence-corrected chi connectivity index (χ1v) is 7.90. The van der Waals surface area contributed by atoms with E-state index in [4.69, 9.17) is 11.6 Å². The summed E-state index contributed by atoms with van der Waals surface area (Å²) in [5, 5.41) is 3.09. The monoisotopic (exact) mass is 323 g/mol. The highest BCUT2D eigenvalue weighted by molar-refractivity contribution is 7.99. The molecule has 1 amide bonds. The summed E-state index contributed by atoms with van der Waals surface area (Å²) >= 11 is 7.49. The van der Waals surface area contributed by atoms with E-state index < -0.39 is 0 Å². The number of hydrogen-bond donors (Lipinski definition) is 1. The minimum Gasteiger partial charge on any atom is -0.324 e. The van der Waals surface area contributed by atoms with Gasteiger partial charge in [-0.05, 0) is 36.8 Å². The molecular weight excluding hydrogens is 309 g/mol. The maximum atomic E-state index is 12.8. The van der Waals surface area contributed by atoms with E-state index in [1.165, 1.54) is 23.9 Å². The van der Waals surface area contributed by atoms with Crippen LogP contribution in [0.4, 0.5) is 10.1 Å². The molecule has 21 heavy (non-hydrogen) atoms. The fraction of sp³-hybridized carbons (Fsp3) is 0.188. The molecule has 0 heterocycles. The minimum absolute atomic E-state index is 0.102. The summed E-state index contributed by atoms with van der Waals surface area (Å²) < 4.78 is 12.8. The Hall–Kier alpha value is -1.52. The van der Waals surface area contributed by atoms with Crippen molar-refractivity contribution in [1.82, 2.24) is 0 Å². The van der Waals surface area contributed by atoms with Gasteiger partial charge in [0.15, 0.2) is 0 Å². The second kappa shape index (κ2) is 7.48. The van der Waals surface area contributed by atoms with Gasteiger partial charge in [0.05, 0.1) is 16.0 Å². The zero-order valence-electron chi connectivity index (χ0n) is 11.5. The van der Waals surface area contributed by atoms with Crippen LogP contribution >= 0.6 is 23.4 Å². The van der Waals surface area contributed by atoms with E-state index in [9.17, 15) is 9.18 Å². The quantitative estimate of drug-likeness (QED) is 0.861. The van der Waals surface area contributed by atoms with Gasteiger partial charge in [-0.25, -0.2) is 4.39 Å². The fourth-order valence-corrected chi connectivity index (χ4v) is 2.70. The number of carbonyl (C=O) groups is 1. The smallest absolute Gasteiger partial charge is 0.237 e. The van der Waals surface area contributed by atoms with Gasteiger partial charge in [0.1, 0.15) is 5.82 Å². The van der Waals surface area contributed by atoms with E-state index in [-0.39, 0.29) is 17.0 Å². The summed E-state index contributed by atoms with van der Waals surface area (Å²) in [6.45, 7) is 1.83. The number of para-hydroxylation sites is 1. The normalized spacial score (nSPS) is 12.0. The first-order chi connectivity index (χ1) is 10.1. The average molecular weight is 324 g/mol. The molecule has 1 N–H and O–H groups in total. The van der Waals surface area contributed by atoms with Crippen LogP contribution in [0, 0.1) is 5.82 Å². The van der Waals surface area contributed by atoms with Gasteiger partial charge in [0, 0.05) is 5.75 Å². The first-order valence-electron chi connectivity index (χ1n) is 6.47. The van der Waals surface area contributed by atoms with Crippen molar-refractivity contribution in [2.45, 2.75) is 17.9 Å². The Morgan fingerprint density at radius 2 is 1.90 bits per heavy atom. The third kappa shape index (κ3) is 4.76. The SMILES string of the molecule is CC(SCc1ccc(F)cc1)C(=O)Nc1ccccc1Cl. The standard InChI is InChI=1S/C16H15ClFNOS/c1-11(21-10-12-6-8-13(18)9-7-12)16(20)19-15-5-3-2-4-14(15)17/h2-9,11H,10H2,1H3,(H,19,20). The molecule has 5 heteroatoms. The topological polar surface area (TPSA) is 29.1 Å². The Morgan fingerprint density at radius 1 is 1.24 bits per heavy atom. The number of anilines is 1. The average Bonchev–Trinajstić information content (AvgIpc) is 2.48. The number of rotatable bonds is 5. The molecule has 0 fully saturated rings. The van der Waals surface area contributed by atoms with E-state index in [1.54, 1.807) is 24.3 Å². The van der Waals surface area contributed by atoms with Crippen LogP contribution in [-0.4, -0.2) is 11.2 Å². The van der Waals surface area contributed by atoms with E-state index in [0.29, 0.717) is 16.5 Å². The van der Waals surface area contributed by atoms with Gasteiger partial charge < -0.3 is 5.32 Å². The Labute approximate surface area is 132 Å². The van der Waals surface area contributed by atoms with E-state index in [0.717, 1.165) is 5.56 Å². The maximum absolute atomic E-state index is 12.8. The molecule has 0 aliphatic heterocycles. The van der Waals surface area contributed by atoms with Crippen molar-refractivity contribution < 1.29 is 9.18 Å². The van der Waals surface area contributed by atoms with Crippen LogP contribution in [0.1, 0.15) is 12.5 Å². The van der Waals surface area contributed by atoms with Crippen molar-refractivity contribution in [3.8, 4) is 0 Å². The molecule has 2 aromatic rings. The molecule has 0 bridgehead atoms. The summed E-state index contributed by atoms with van der Waals surface area (Å²) in [5.41, 5.74) is 1.59. The van der Waals surface area contributed by atoms with Crippen LogP contribution in [0.3, 0.4) is 0 Å². The minimum atomic E-state index is -0.256. The molecule has 0 saturated heterocycles. The molecule has 2 aromatic carbocycles. The van der Waals surface area contributed by atoms with E-state index in [1.807, 2.05) is 19.1 Å². The lowest BCUT2D eigenvalue weighted by Gasteiger charge is -2.13. The van der Waals surface area contributed by atoms with Crippen molar-refractivity contribution in [2.24, 2.45) is 0 Å². The van der Waals surface area contributed by atoms with Crippen LogP contribution in [0.2, 0.25) is 5.02 Å². The lowest BCUT2D eigenvalue weighted by Crippen LogP contribution is -2.22. The lowest BCUT2D eigenvalue weighted by atomic mass is 10.2. The molecule has 0 spiro atoms. The molecule has 0 aliphatic rings. The summed E-state index contributed by atoms with van der Waals surface area (Å²) in [6.07, 6.45) is 0. The Bertz CT molecular complexity index is 618. The zero-order valence-corrected chi connectivity index (χ0v) is 13.0. The maximum Gasteiger partial charge on any atom is 0.237 e. The van der Waals surface area contributed by atoms with Gasteiger partial charge in [0.25, 0.3) is 0 Å². The summed E-state index contributed by atoms with van der Waals surface area (Å²) in [5.74, 6) is 0.292. The predicted molar refractivity (Wildman–Crippen MR) is 87.2 cm³/mol. The number of hydrogen-bond acceptors (Lipinski definition) is 2. The molecule has 0 aliphatic carbocycles. The second-order valence-electron chi connectivity index (χ2n) is 4.55. The molecular formula is C16H15ClFNOS. The largest absolute Gasteiger partial charge is 0.324 e. The van der Waals surface area contributed by atoms with E-state index >= 15 is 0 Å². The third-order valence-corrected chi connectivity index (χ3v) is 4.46. The Balaban J connectivity index is 1.88. The zero-order chi connectivity index (χ0) is 15.2. The van der Waals surface area contributed by atoms with Gasteiger partial charge in [-0.15, -0.1) is 11.8 Å². The summed E-state index contributed by atoms with van der Waals surface area (Å²) in [6, 6.07) is 13.4. The third-order valence-electron chi connectivity index (χ3n) is 2.91. The van der Waals surface area contributed by atoms with Crippen molar-refractivity contribution >= 4 is 35.0 Å². The highest BCUT2D eigenvalue weighted by Gasteiger charge is 2.14. The molecule has 1 atom stereocenters. The number of carbonyl (C=O) groups excluding carboxylic acids is 1. The Kier molecular flexibility index (Phi) is 5.65. The number of halogens is 2. The molecule has 0 saturated carbocycles. The van der Waals surface area contributed by atoms with Crippen molar-refractivity contribution in [3.63, 3.8) is 0 Å². The first kappa shape index (κ1) is 15.9. The number of nitrogens with one attached hydrogen (secondary N) is 1. The van der Waals surface area contributed by atoms with Crippen LogP contribution in [0.5, 0.6) is 0 Å². The van der Waals surface area contributed by atoms with Gasteiger partial charge in [-0.1, -0.05) is 35.9 Å². The van der Waals surface area contributed by atoms with Gasteiger partial charge >= 0.3 is 0 Å².